The SMILES string of the molecule is CO[C@H]1CN(C(=O)c2cccc(N3CCOC3=O)c2)C[C@@H]1OC. The van der Waals surface area contributed by atoms with E-state index in [-0.39, 0.29) is 24.2 Å². The molecule has 2 atom stereocenters. The van der Waals surface area contributed by atoms with E-state index in [9.17, 15) is 9.59 Å². The first-order valence-electron chi connectivity index (χ1n) is 7.53. The van der Waals surface area contributed by atoms with Crippen molar-refractivity contribution < 1.29 is 23.8 Å². The Hall–Kier alpha value is -2.12. The maximum Gasteiger partial charge on any atom is 0.414 e. The molecule has 2 aliphatic heterocycles. The normalized spacial score (nSPS) is 24.2. The number of benzene rings is 1. The lowest BCUT2D eigenvalue weighted by molar-refractivity contribution is -0.00461. The highest BCUT2D eigenvalue weighted by molar-refractivity contribution is 5.97. The van der Waals surface area contributed by atoms with Gasteiger partial charge in [0.2, 0.25) is 0 Å². The lowest BCUT2D eigenvalue weighted by atomic mass is 10.1. The fourth-order valence-corrected chi connectivity index (χ4v) is 2.98. The molecule has 2 aliphatic rings. The molecule has 2 saturated heterocycles. The molecule has 7 heteroatoms. The number of amides is 2. The van der Waals surface area contributed by atoms with Crippen LogP contribution < -0.4 is 4.90 Å². The van der Waals surface area contributed by atoms with E-state index in [1.807, 2.05) is 0 Å². The van der Waals surface area contributed by atoms with Crippen LogP contribution in [0.3, 0.4) is 0 Å². The molecule has 2 amide bonds. The fourth-order valence-electron chi connectivity index (χ4n) is 2.98. The third kappa shape index (κ3) is 3.02. The van der Waals surface area contributed by atoms with Crippen molar-refractivity contribution in [1.29, 1.82) is 0 Å². The van der Waals surface area contributed by atoms with Gasteiger partial charge in [-0.15, -0.1) is 0 Å². The van der Waals surface area contributed by atoms with E-state index in [4.69, 9.17) is 14.2 Å². The predicted molar refractivity (Wildman–Crippen MR) is 82.6 cm³/mol. The smallest absolute Gasteiger partial charge is 0.414 e. The molecular weight excluding hydrogens is 300 g/mol. The van der Waals surface area contributed by atoms with E-state index in [0.29, 0.717) is 37.5 Å². The Labute approximate surface area is 134 Å². The van der Waals surface area contributed by atoms with Gasteiger partial charge in [-0.25, -0.2) is 4.79 Å². The Morgan fingerprint density at radius 2 is 1.91 bits per heavy atom. The van der Waals surface area contributed by atoms with Crippen molar-refractivity contribution in [1.82, 2.24) is 4.90 Å². The monoisotopic (exact) mass is 320 g/mol. The highest BCUT2D eigenvalue weighted by Crippen LogP contribution is 2.23. The predicted octanol–water partition coefficient (Wildman–Crippen LogP) is 1.13. The minimum Gasteiger partial charge on any atom is -0.447 e. The molecule has 0 aliphatic carbocycles. The van der Waals surface area contributed by atoms with Crippen LogP contribution in [0.15, 0.2) is 24.3 Å². The molecule has 2 heterocycles. The van der Waals surface area contributed by atoms with Crippen molar-refractivity contribution in [3.8, 4) is 0 Å². The second-order valence-electron chi connectivity index (χ2n) is 5.57. The molecule has 7 nitrogen and oxygen atoms in total. The third-order valence-corrected chi connectivity index (χ3v) is 4.27. The Balaban J connectivity index is 1.77. The van der Waals surface area contributed by atoms with E-state index in [0.717, 1.165) is 0 Å². The average molecular weight is 320 g/mol. The first kappa shape index (κ1) is 15.8. The van der Waals surface area contributed by atoms with Gasteiger partial charge in [0.1, 0.15) is 18.8 Å². The minimum absolute atomic E-state index is 0.0963. The van der Waals surface area contributed by atoms with Crippen LogP contribution in [0.1, 0.15) is 10.4 Å². The first-order chi connectivity index (χ1) is 11.1. The number of cyclic esters (lactones) is 1. The van der Waals surface area contributed by atoms with Crippen LogP contribution in [0.25, 0.3) is 0 Å². The number of methoxy groups -OCH3 is 2. The molecule has 0 spiro atoms. The highest BCUT2D eigenvalue weighted by Gasteiger charge is 2.36. The summed E-state index contributed by atoms with van der Waals surface area (Å²) in [5, 5.41) is 0. The summed E-state index contributed by atoms with van der Waals surface area (Å²) in [7, 11) is 3.23. The van der Waals surface area contributed by atoms with E-state index in [1.165, 1.54) is 4.90 Å². The molecule has 0 N–H and O–H groups in total. The number of likely N-dealkylation sites (tertiary alicyclic amines) is 1. The Bertz CT molecular complexity index is 594. The van der Waals surface area contributed by atoms with Gasteiger partial charge < -0.3 is 19.1 Å². The maximum atomic E-state index is 12.7. The summed E-state index contributed by atoms with van der Waals surface area (Å²) >= 11 is 0. The minimum atomic E-state index is -0.380. The number of carbonyl (C=O) groups is 2. The van der Waals surface area contributed by atoms with Gasteiger partial charge in [-0.05, 0) is 18.2 Å². The van der Waals surface area contributed by atoms with Crippen LogP contribution in [0, 0.1) is 0 Å². The summed E-state index contributed by atoms with van der Waals surface area (Å²) in [6.07, 6.45) is -0.629. The number of anilines is 1. The zero-order chi connectivity index (χ0) is 16.4. The lowest BCUT2D eigenvalue weighted by Crippen LogP contribution is -2.30. The topological polar surface area (TPSA) is 68.3 Å². The van der Waals surface area contributed by atoms with Gasteiger partial charge in [0.15, 0.2) is 0 Å². The Kier molecular flexibility index (Phi) is 4.49. The molecule has 3 rings (SSSR count). The Morgan fingerprint density at radius 1 is 1.22 bits per heavy atom. The number of ether oxygens (including phenoxy) is 3. The maximum absolute atomic E-state index is 12.7. The van der Waals surface area contributed by atoms with Gasteiger partial charge in [0, 0.05) is 38.6 Å². The summed E-state index contributed by atoms with van der Waals surface area (Å²) in [4.78, 5) is 27.6. The molecule has 1 aromatic rings. The van der Waals surface area contributed by atoms with Crippen molar-refractivity contribution in [3.63, 3.8) is 0 Å². The largest absolute Gasteiger partial charge is 0.447 e. The number of hydrogen-bond donors (Lipinski definition) is 0. The van der Waals surface area contributed by atoms with Crippen LogP contribution in [-0.2, 0) is 14.2 Å². The Morgan fingerprint density at radius 3 is 2.48 bits per heavy atom. The van der Waals surface area contributed by atoms with Crippen LogP contribution in [0.2, 0.25) is 0 Å². The van der Waals surface area contributed by atoms with E-state index in [2.05, 4.69) is 0 Å². The van der Waals surface area contributed by atoms with Crippen LogP contribution in [0.5, 0.6) is 0 Å². The lowest BCUT2D eigenvalue weighted by Gasteiger charge is -2.18. The molecule has 0 aromatic heterocycles. The standard InChI is InChI=1S/C16H20N2O5/c1-21-13-9-17(10-14(13)22-2)15(19)11-4-3-5-12(8-11)18-6-7-23-16(18)20/h3-5,8,13-14H,6-7,9-10H2,1-2H3/t13-,14-/m0/s1. The summed E-state index contributed by atoms with van der Waals surface area (Å²) < 4.78 is 15.7. The van der Waals surface area contributed by atoms with Crippen molar-refractivity contribution >= 4 is 17.7 Å². The third-order valence-electron chi connectivity index (χ3n) is 4.27. The molecule has 124 valence electrons. The summed E-state index contributed by atoms with van der Waals surface area (Å²) in [6.45, 7) is 1.85. The van der Waals surface area contributed by atoms with Crippen molar-refractivity contribution in [2.24, 2.45) is 0 Å². The van der Waals surface area contributed by atoms with Crippen LogP contribution in [-0.4, -0.2) is 69.6 Å². The zero-order valence-electron chi connectivity index (χ0n) is 13.2. The molecule has 23 heavy (non-hydrogen) atoms. The van der Waals surface area contributed by atoms with Gasteiger partial charge in [-0.2, -0.15) is 0 Å². The van der Waals surface area contributed by atoms with E-state index >= 15 is 0 Å². The summed E-state index contributed by atoms with van der Waals surface area (Å²) in [5.41, 5.74) is 1.21. The molecule has 0 bridgehead atoms. The zero-order valence-corrected chi connectivity index (χ0v) is 13.2. The van der Waals surface area contributed by atoms with E-state index < -0.39 is 0 Å². The average Bonchev–Trinajstić information content (AvgIpc) is 3.19. The molecule has 2 fully saturated rings. The summed E-state index contributed by atoms with van der Waals surface area (Å²) in [6, 6.07) is 7.03. The van der Waals surface area contributed by atoms with Crippen molar-refractivity contribution in [2.75, 3.05) is 45.4 Å². The van der Waals surface area contributed by atoms with Gasteiger partial charge in [-0.3, -0.25) is 9.69 Å². The summed E-state index contributed by atoms with van der Waals surface area (Å²) in [5.74, 6) is -0.0963. The fraction of sp³-hybridized carbons (Fsp3) is 0.500. The number of nitrogens with zero attached hydrogens (tertiary/aromatic N) is 2. The van der Waals surface area contributed by atoms with Crippen molar-refractivity contribution in [3.05, 3.63) is 29.8 Å². The van der Waals surface area contributed by atoms with E-state index in [1.54, 1.807) is 43.4 Å². The van der Waals surface area contributed by atoms with Gasteiger partial charge in [0.05, 0.1) is 6.54 Å². The number of hydrogen-bond acceptors (Lipinski definition) is 5. The molecule has 0 unspecified atom stereocenters. The quantitative estimate of drug-likeness (QED) is 0.832. The van der Waals surface area contributed by atoms with Gasteiger partial charge in [0.25, 0.3) is 5.91 Å². The molecule has 0 radical (unpaired) electrons. The molecule has 0 saturated carbocycles. The van der Waals surface area contributed by atoms with Crippen LogP contribution >= 0.6 is 0 Å². The van der Waals surface area contributed by atoms with Crippen LogP contribution in [0.4, 0.5) is 10.5 Å². The first-order valence-corrected chi connectivity index (χ1v) is 7.53. The van der Waals surface area contributed by atoms with Gasteiger partial charge >= 0.3 is 6.09 Å². The van der Waals surface area contributed by atoms with Gasteiger partial charge in [-0.1, -0.05) is 6.07 Å². The van der Waals surface area contributed by atoms with Crippen molar-refractivity contribution in [2.45, 2.75) is 12.2 Å². The number of rotatable bonds is 4. The highest BCUT2D eigenvalue weighted by atomic mass is 16.6. The second kappa shape index (κ2) is 6.55. The molecule has 1 aromatic carbocycles. The second-order valence-corrected chi connectivity index (χ2v) is 5.57. The number of carbonyl (C=O) groups excluding carboxylic acids is 2. The molecular formula is C16H20N2O5.